The van der Waals surface area contributed by atoms with Crippen LogP contribution < -0.4 is 0 Å². The molecule has 0 bridgehead atoms. The normalized spacial score (nSPS) is 11.2. The highest BCUT2D eigenvalue weighted by atomic mass is 14.1. The summed E-state index contributed by atoms with van der Waals surface area (Å²) in [6, 6.07) is 69.2. The van der Waals surface area contributed by atoms with Gasteiger partial charge < -0.3 is 0 Å². The van der Waals surface area contributed by atoms with Gasteiger partial charge in [0, 0.05) is 0 Å². The van der Waals surface area contributed by atoms with Gasteiger partial charge in [-0.1, -0.05) is 218 Å². The average Bonchev–Trinajstić information content (AvgIpc) is 3.25. The van der Waals surface area contributed by atoms with Gasteiger partial charge in [0.25, 0.3) is 0 Å². The van der Waals surface area contributed by atoms with Crippen LogP contribution in [-0.2, 0) is 0 Å². The van der Waals surface area contributed by atoms with E-state index in [4.69, 9.17) is 0 Å². The van der Waals surface area contributed by atoms with Crippen LogP contribution in [0.4, 0.5) is 0 Å². The van der Waals surface area contributed by atoms with E-state index in [9.17, 15) is 0 Å². The van der Waals surface area contributed by atoms with Gasteiger partial charge in [0.15, 0.2) is 0 Å². The molecule has 0 saturated heterocycles. The molecule has 8 aromatic rings. The molecule has 0 aliphatic rings. The lowest BCUT2D eigenvalue weighted by Gasteiger charge is -2.11. The topological polar surface area (TPSA) is 0 Å². The summed E-state index contributed by atoms with van der Waals surface area (Å²) >= 11 is 0. The molecule has 0 N–H and O–H groups in total. The SMILES string of the molecule is Cc1cc(/C=C\c2ccc3ccccc3c2/C=C\c2ccc(C=C(c3ccccc3)c3ccccc3)c(C)c2)ccc1C=C(c1ccccc1)c1ccccc1. The summed E-state index contributed by atoms with van der Waals surface area (Å²) in [6.07, 6.45) is 13.6. The standard InChI is InChI=1S/C56H44/c1-41-37-43(28-32-51(41)39-55(45-17-7-3-8-18-45)46-19-9-4-10-20-46)27-31-50-35-34-49-25-15-16-26-53(49)54(50)36-30-44-29-33-52(42(2)38-44)40-56(47-21-11-5-12-22-47)48-23-13-6-14-24-48/h3-40H,1-2H3/b31-27-,36-30-. The first-order valence-electron chi connectivity index (χ1n) is 19.3. The first kappa shape index (κ1) is 36.0. The van der Waals surface area contributed by atoms with Crippen molar-refractivity contribution in [1.29, 1.82) is 0 Å². The van der Waals surface area contributed by atoms with Crippen LogP contribution in [0.25, 0.3) is 58.4 Å². The molecule has 0 saturated carbocycles. The third kappa shape index (κ3) is 8.36. The third-order valence-electron chi connectivity index (χ3n) is 10.4. The van der Waals surface area contributed by atoms with Crippen molar-refractivity contribution in [3.63, 3.8) is 0 Å². The Morgan fingerprint density at radius 3 is 1.18 bits per heavy atom. The smallest absolute Gasteiger partial charge is 0.0105 e. The largest absolute Gasteiger partial charge is 0.0622 e. The van der Waals surface area contributed by atoms with Crippen LogP contribution in [-0.4, -0.2) is 0 Å². The molecule has 0 atom stereocenters. The van der Waals surface area contributed by atoms with Crippen molar-refractivity contribution in [2.24, 2.45) is 0 Å². The molecule has 0 heterocycles. The quantitative estimate of drug-likeness (QED) is 0.124. The van der Waals surface area contributed by atoms with Gasteiger partial charge in [-0.15, -0.1) is 0 Å². The van der Waals surface area contributed by atoms with Gasteiger partial charge in [-0.05, 0) is 115 Å². The van der Waals surface area contributed by atoms with E-state index in [1.54, 1.807) is 0 Å². The van der Waals surface area contributed by atoms with Gasteiger partial charge in [-0.2, -0.15) is 0 Å². The third-order valence-corrected chi connectivity index (χ3v) is 10.4. The minimum absolute atomic E-state index is 1.17. The molecule has 0 nitrogen and oxygen atoms in total. The maximum absolute atomic E-state index is 2.32. The zero-order valence-corrected chi connectivity index (χ0v) is 31.9. The number of rotatable bonds is 10. The summed E-state index contributed by atoms with van der Waals surface area (Å²) in [5.41, 5.74) is 16.9. The highest BCUT2D eigenvalue weighted by Crippen LogP contribution is 2.31. The van der Waals surface area contributed by atoms with Crippen LogP contribution in [0.2, 0.25) is 0 Å². The van der Waals surface area contributed by atoms with Crippen LogP contribution in [0.1, 0.15) is 66.8 Å². The molecular formula is C56H44. The van der Waals surface area contributed by atoms with E-state index in [0.717, 1.165) is 0 Å². The molecule has 0 amide bonds. The lowest BCUT2D eigenvalue weighted by atomic mass is 9.93. The van der Waals surface area contributed by atoms with Crippen molar-refractivity contribution in [3.8, 4) is 0 Å². The summed E-state index contributed by atoms with van der Waals surface area (Å²) in [4.78, 5) is 0. The fourth-order valence-electron chi connectivity index (χ4n) is 7.39. The summed E-state index contributed by atoms with van der Waals surface area (Å²) in [6.45, 7) is 4.41. The molecule has 0 heteroatoms. The van der Waals surface area contributed by atoms with E-state index in [1.165, 1.54) is 88.7 Å². The number of fused-ring (bicyclic) bond motifs is 1. The molecule has 268 valence electrons. The molecule has 0 aliphatic carbocycles. The van der Waals surface area contributed by atoms with Crippen LogP contribution in [0, 0.1) is 13.8 Å². The van der Waals surface area contributed by atoms with Crippen molar-refractivity contribution in [2.75, 3.05) is 0 Å². The van der Waals surface area contributed by atoms with Crippen LogP contribution in [0.3, 0.4) is 0 Å². The predicted octanol–water partition coefficient (Wildman–Crippen LogP) is 15.0. The van der Waals surface area contributed by atoms with E-state index < -0.39 is 0 Å². The van der Waals surface area contributed by atoms with E-state index in [1.807, 2.05) is 0 Å². The molecule has 0 unspecified atom stereocenters. The molecule has 0 spiro atoms. The van der Waals surface area contributed by atoms with Gasteiger partial charge in [-0.25, -0.2) is 0 Å². The maximum atomic E-state index is 2.32. The summed E-state index contributed by atoms with van der Waals surface area (Å²) in [5, 5.41) is 2.47. The number of hydrogen-bond acceptors (Lipinski definition) is 0. The fraction of sp³-hybridized carbons (Fsp3) is 0.0357. The van der Waals surface area contributed by atoms with Crippen molar-refractivity contribution in [3.05, 3.63) is 261 Å². The molecule has 0 radical (unpaired) electrons. The lowest BCUT2D eigenvalue weighted by Crippen LogP contribution is -1.90. The van der Waals surface area contributed by atoms with Crippen molar-refractivity contribution >= 4 is 58.4 Å². The Hall–Kier alpha value is -7.02. The molecular weight excluding hydrogens is 673 g/mol. The number of hydrogen-bond donors (Lipinski definition) is 0. The molecule has 8 rings (SSSR count). The van der Waals surface area contributed by atoms with Crippen molar-refractivity contribution in [2.45, 2.75) is 13.8 Å². The van der Waals surface area contributed by atoms with Gasteiger partial charge >= 0.3 is 0 Å². The zero-order chi connectivity index (χ0) is 38.1. The van der Waals surface area contributed by atoms with Crippen LogP contribution in [0.15, 0.2) is 194 Å². The maximum Gasteiger partial charge on any atom is -0.0105 e. The second-order valence-electron chi connectivity index (χ2n) is 14.3. The molecule has 56 heavy (non-hydrogen) atoms. The Morgan fingerprint density at radius 1 is 0.339 bits per heavy atom. The van der Waals surface area contributed by atoms with Crippen molar-refractivity contribution in [1.82, 2.24) is 0 Å². The average molecular weight is 717 g/mol. The fourth-order valence-corrected chi connectivity index (χ4v) is 7.39. The summed E-state index contributed by atoms with van der Waals surface area (Å²) in [5.74, 6) is 0. The Bertz CT molecular complexity index is 2630. The number of benzene rings is 8. The Labute approximate surface area is 331 Å². The van der Waals surface area contributed by atoms with Gasteiger partial charge in [-0.3, -0.25) is 0 Å². The van der Waals surface area contributed by atoms with Gasteiger partial charge in [0.2, 0.25) is 0 Å². The number of aryl methyl sites for hydroxylation is 2. The Morgan fingerprint density at radius 2 is 0.732 bits per heavy atom. The zero-order valence-electron chi connectivity index (χ0n) is 31.9. The molecule has 0 aromatic heterocycles. The van der Waals surface area contributed by atoms with Crippen LogP contribution >= 0.6 is 0 Å². The monoisotopic (exact) mass is 716 g/mol. The van der Waals surface area contributed by atoms with E-state index in [2.05, 4.69) is 244 Å². The Kier molecular flexibility index (Phi) is 10.9. The highest BCUT2D eigenvalue weighted by molar-refractivity contribution is 5.98. The lowest BCUT2D eigenvalue weighted by molar-refractivity contribution is 1.43. The molecule has 0 fully saturated rings. The second-order valence-corrected chi connectivity index (χ2v) is 14.3. The molecule has 0 aliphatic heterocycles. The first-order valence-corrected chi connectivity index (χ1v) is 19.3. The molecule has 8 aromatic carbocycles. The minimum Gasteiger partial charge on any atom is -0.0622 e. The first-order chi connectivity index (χ1) is 27.6. The predicted molar refractivity (Wildman–Crippen MR) is 244 cm³/mol. The van der Waals surface area contributed by atoms with Gasteiger partial charge in [0.1, 0.15) is 0 Å². The highest BCUT2D eigenvalue weighted by Gasteiger charge is 2.09. The summed E-state index contributed by atoms with van der Waals surface area (Å²) < 4.78 is 0. The second kappa shape index (κ2) is 17.0. The van der Waals surface area contributed by atoms with Crippen LogP contribution in [0.5, 0.6) is 0 Å². The van der Waals surface area contributed by atoms with E-state index in [-0.39, 0.29) is 0 Å². The van der Waals surface area contributed by atoms with E-state index >= 15 is 0 Å². The Balaban J connectivity index is 1.09. The van der Waals surface area contributed by atoms with E-state index in [0.29, 0.717) is 0 Å². The van der Waals surface area contributed by atoms with Crippen molar-refractivity contribution < 1.29 is 0 Å². The van der Waals surface area contributed by atoms with Gasteiger partial charge in [0.05, 0.1) is 0 Å². The minimum atomic E-state index is 1.17. The summed E-state index contributed by atoms with van der Waals surface area (Å²) in [7, 11) is 0.